The quantitative estimate of drug-likeness (QED) is 0.504. The van der Waals surface area contributed by atoms with Crippen LogP contribution < -0.4 is 20.9 Å². The van der Waals surface area contributed by atoms with Crippen molar-refractivity contribution in [2.45, 2.75) is 31.5 Å². The van der Waals surface area contributed by atoms with Crippen molar-refractivity contribution in [3.8, 4) is 17.0 Å². The first-order valence-corrected chi connectivity index (χ1v) is 12.7. The highest BCUT2D eigenvalue weighted by Gasteiger charge is 2.40. The fraction of sp³-hybridized carbons (Fsp3) is 0.407. The lowest BCUT2D eigenvalue weighted by Gasteiger charge is -2.43. The van der Waals surface area contributed by atoms with E-state index in [4.69, 9.17) is 5.73 Å². The second-order valence-electron chi connectivity index (χ2n) is 10.1. The van der Waals surface area contributed by atoms with Crippen LogP contribution in [0.3, 0.4) is 0 Å². The molecule has 0 amide bonds. The van der Waals surface area contributed by atoms with Gasteiger partial charge < -0.3 is 26.0 Å². The maximum Gasteiger partial charge on any atom is 0.169 e. The molecule has 0 aliphatic carbocycles. The van der Waals surface area contributed by atoms with Crippen LogP contribution in [0.25, 0.3) is 11.3 Å². The Kier molecular flexibility index (Phi) is 6.10. The van der Waals surface area contributed by atoms with Crippen molar-refractivity contribution >= 4 is 17.2 Å². The number of nitrogens with one attached hydrogen (secondary N) is 1. The highest BCUT2D eigenvalue weighted by atomic mass is 19.1. The van der Waals surface area contributed by atoms with Gasteiger partial charge in [-0.1, -0.05) is 12.1 Å². The largest absolute Gasteiger partial charge is 0.507 e. The van der Waals surface area contributed by atoms with Crippen LogP contribution in [0.4, 0.5) is 21.6 Å². The summed E-state index contributed by atoms with van der Waals surface area (Å²) in [5, 5.41) is 21.9. The molecule has 8 nitrogen and oxygen atoms in total. The predicted molar refractivity (Wildman–Crippen MR) is 140 cm³/mol. The van der Waals surface area contributed by atoms with E-state index in [-0.39, 0.29) is 5.75 Å². The van der Waals surface area contributed by atoms with Crippen LogP contribution in [0, 0.1) is 5.82 Å². The smallest absolute Gasteiger partial charge is 0.169 e. The van der Waals surface area contributed by atoms with E-state index >= 15 is 0 Å². The van der Waals surface area contributed by atoms with E-state index in [2.05, 4.69) is 54.5 Å². The third kappa shape index (κ3) is 4.44. The van der Waals surface area contributed by atoms with Crippen LogP contribution in [0.2, 0.25) is 0 Å². The number of hydrogen-bond acceptors (Lipinski definition) is 8. The van der Waals surface area contributed by atoms with E-state index < -0.39 is 5.82 Å². The Hall–Kier alpha value is -3.43. The minimum absolute atomic E-state index is 0.0352. The number of halogens is 1. The number of fused-ring (bicyclic) bond motifs is 2. The summed E-state index contributed by atoms with van der Waals surface area (Å²) >= 11 is 0. The Morgan fingerprint density at radius 1 is 1.00 bits per heavy atom. The third-order valence-corrected chi connectivity index (χ3v) is 7.68. The molecule has 0 spiro atoms. The summed E-state index contributed by atoms with van der Waals surface area (Å²) in [6.07, 6.45) is 2.25. The van der Waals surface area contributed by atoms with Crippen LogP contribution in [0.1, 0.15) is 18.4 Å². The summed E-state index contributed by atoms with van der Waals surface area (Å²) in [5.74, 6) is -0.124. The topological polar surface area (TPSA) is 93.8 Å². The molecule has 3 aliphatic heterocycles. The molecule has 6 rings (SSSR count). The van der Waals surface area contributed by atoms with E-state index in [1.807, 2.05) is 6.07 Å². The number of rotatable bonds is 5. The average Bonchev–Trinajstić information content (AvgIpc) is 3.16. The van der Waals surface area contributed by atoms with Crippen LogP contribution >= 0.6 is 0 Å². The molecule has 3 aromatic rings. The molecule has 4 N–H and O–H groups in total. The molecule has 0 saturated carbocycles. The van der Waals surface area contributed by atoms with Crippen molar-refractivity contribution in [1.29, 1.82) is 0 Å². The summed E-state index contributed by atoms with van der Waals surface area (Å²) in [5.41, 5.74) is 10.4. The van der Waals surface area contributed by atoms with E-state index in [1.54, 1.807) is 0 Å². The maximum atomic E-state index is 13.8. The van der Waals surface area contributed by atoms with Gasteiger partial charge in [-0.3, -0.25) is 4.90 Å². The van der Waals surface area contributed by atoms with Gasteiger partial charge in [0, 0.05) is 69.1 Å². The van der Waals surface area contributed by atoms with Gasteiger partial charge in [0.1, 0.15) is 11.6 Å². The van der Waals surface area contributed by atoms with E-state index in [1.165, 1.54) is 29.4 Å². The summed E-state index contributed by atoms with van der Waals surface area (Å²) in [6.45, 7) is 6.92. The van der Waals surface area contributed by atoms with Gasteiger partial charge in [0.25, 0.3) is 0 Å². The molecule has 3 aliphatic rings. The molecule has 36 heavy (non-hydrogen) atoms. The SMILES string of the molecule is Nc1nnc(-c2cc(F)ccc2O)cc1N1CC2CCC(C1)N2c1cccc(CN2CCNCC2)c1. The van der Waals surface area contributed by atoms with E-state index in [9.17, 15) is 9.50 Å². The zero-order chi connectivity index (χ0) is 24.6. The number of nitrogens with zero attached hydrogens (tertiary/aromatic N) is 5. The van der Waals surface area contributed by atoms with Gasteiger partial charge in [-0.2, -0.15) is 0 Å². The Morgan fingerprint density at radius 3 is 2.56 bits per heavy atom. The van der Waals surface area contributed by atoms with Crippen LogP contribution in [0.5, 0.6) is 5.75 Å². The molecule has 9 heteroatoms. The Bertz CT molecular complexity index is 1230. The lowest BCUT2D eigenvalue weighted by molar-refractivity contribution is 0.233. The fourth-order valence-electron chi connectivity index (χ4n) is 5.95. The number of phenolic OH excluding ortho intramolecular Hbond substituents is 1. The molecule has 2 aromatic carbocycles. The van der Waals surface area contributed by atoms with Gasteiger partial charge in [-0.05, 0) is 54.8 Å². The van der Waals surface area contributed by atoms with Crippen molar-refractivity contribution in [3.05, 3.63) is 59.9 Å². The van der Waals surface area contributed by atoms with Crippen LogP contribution in [0.15, 0.2) is 48.5 Å². The minimum atomic E-state index is -0.436. The minimum Gasteiger partial charge on any atom is -0.507 e. The van der Waals surface area contributed by atoms with Gasteiger partial charge in [-0.25, -0.2) is 4.39 Å². The molecule has 2 unspecified atom stereocenters. The number of nitrogens with two attached hydrogens (primary N) is 1. The van der Waals surface area contributed by atoms with Gasteiger partial charge in [0.2, 0.25) is 0 Å². The number of aromatic hydroxyl groups is 1. The van der Waals surface area contributed by atoms with Crippen molar-refractivity contribution in [1.82, 2.24) is 20.4 Å². The molecule has 1 aromatic heterocycles. The second kappa shape index (κ2) is 9.55. The van der Waals surface area contributed by atoms with E-state index in [0.29, 0.717) is 29.2 Å². The molecular weight excluding hydrogens is 457 g/mol. The Labute approximate surface area is 210 Å². The zero-order valence-electron chi connectivity index (χ0n) is 20.3. The number of phenols is 1. The van der Waals surface area contributed by atoms with Gasteiger partial charge in [-0.15, -0.1) is 10.2 Å². The van der Waals surface area contributed by atoms with E-state index in [0.717, 1.165) is 64.3 Å². The number of piperazine rings is 2. The molecule has 4 heterocycles. The van der Waals surface area contributed by atoms with Gasteiger partial charge in [0.05, 0.1) is 11.4 Å². The lowest BCUT2D eigenvalue weighted by atomic mass is 10.1. The molecule has 2 bridgehead atoms. The van der Waals surface area contributed by atoms with Gasteiger partial charge in [0.15, 0.2) is 5.82 Å². The first-order chi connectivity index (χ1) is 17.5. The number of nitrogen functional groups attached to an aromatic ring is 1. The number of benzene rings is 2. The maximum absolute atomic E-state index is 13.8. The van der Waals surface area contributed by atoms with Crippen molar-refractivity contribution in [3.63, 3.8) is 0 Å². The summed E-state index contributed by atoms with van der Waals surface area (Å²) in [7, 11) is 0. The summed E-state index contributed by atoms with van der Waals surface area (Å²) < 4.78 is 13.8. The number of hydrogen-bond donors (Lipinski definition) is 3. The molecule has 2 atom stereocenters. The molecular formula is C27H32FN7O. The summed E-state index contributed by atoms with van der Waals surface area (Å²) in [4.78, 5) is 7.37. The molecule has 3 fully saturated rings. The van der Waals surface area contributed by atoms with Crippen molar-refractivity contribution < 1.29 is 9.50 Å². The Morgan fingerprint density at radius 2 is 1.78 bits per heavy atom. The summed E-state index contributed by atoms with van der Waals surface area (Å²) in [6, 6.07) is 15.4. The van der Waals surface area contributed by atoms with Gasteiger partial charge >= 0.3 is 0 Å². The predicted octanol–water partition coefficient (Wildman–Crippen LogP) is 2.83. The lowest BCUT2D eigenvalue weighted by Crippen LogP contribution is -2.54. The Balaban J connectivity index is 1.22. The molecule has 0 radical (unpaired) electrons. The van der Waals surface area contributed by atoms with Crippen LogP contribution in [-0.4, -0.2) is 71.6 Å². The molecule has 3 saturated heterocycles. The number of anilines is 3. The first-order valence-electron chi connectivity index (χ1n) is 12.7. The van der Waals surface area contributed by atoms with Crippen molar-refractivity contribution in [2.24, 2.45) is 0 Å². The second-order valence-corrected chi connectivity index (χ2v) is 10.1. The standard InChI is InChI=1S/C27H32FN7O/c28-19-4-7-26(36)23(13-19)24-14-25(27(29)32-31-24)34-16-21-5-6-22(17-34)35(21)20-3-1-2-18(12-20)15-33-10-8-30-9-11-33/h1-4,7,12-14,21-22,30,36H,5-6,8-11,15-17H2,(H2,29,32). The average molecular weight is 490 g/mol. The monoisotopic (exact) mass is 489 g/mol. The third-order valence-electron chi connectivity index (χ3n) is 7.68. The zero-order valence-corrected chi connectivity index (χ0v) is 20.3. The molecule has 188 valence electrons. The number of aromatic nitrogens is 2. The van der Waals surface area contributed by atoms with Crippen molar-refractivity contribution in [2.75, 3.05) is 54.8 Å². The highest BCUT2D eigenvalue weighted by Crippen LogP contribution is 2.39. The first kappa shape index (κ1) is 23.0. The normalized spacial score (nSPS) is 22.2. The van der Waals surface area contributed by atoms with Crippen LogP contribution in [-0.2, 0) is 6.54 Å². The fourth-order valence-corrected chi connectivity index (χ4v) is 5.95. The highest BCUT2D eigenvalue weighted by molar-refractivity contribution is 5.74.